The van der Waals surface area contributed by atoms with E-state index in [4.69, 9.17) is 92.5 Å². The SMILES string of the molecule is C.COCCOCCCC(N)C(=O)O.COCCOCCOC(=O)NC(CSCCOCCOC)C(=O)O.COCCOCCOC(=O)Oc1ccc([N+](=O)[O-])cc1.COCCOCCOS(=O)(=O)c1ccc(C)cc1.NC(CS)C(=O)O.S. The van der Waals surface area contributed by atoms with Crippen molar-refractivity contribution in [3.63, 3.8) is 0 Å². The zero-order valence-electron chi connectivity index (χ0n) is 47.7. The molecule has 1 amide bonds. The van der Waals surface area contributed by atoms with Crippen LogP contribution in [0.3, 0.4) is 0 Å². The molecule has 0 aliphatic rings. The standard InChI is InChI=1S/C14H27NO8S.C12H15NO7.C12H18O5S.C8H17NO4.C3H7NO2S.CH4.H2S/c1-19-3-5-21-7-8-23-14(18)15-12(13(16)17)11-24-10-9-22-6-4-20-2;1-17-6-7-18-8-9-19-12(14)20-11-4-2-10(3-5-11)13(15)16;1-11-3-5-12(6-4-11)18(13,14)17-10-9-16-8-7-15-2;1-12-5-6-13-4-2-3-7(9)8(10)11;4-2(1-7)3(5)6;;/h12H,3-11H2,1-2H3,(H,15,18)(H,16,17);2-5H,6-9H2,1H3;3-6H,7-10H2,1-2H3;7H,2-6,9H2,1H3,(H,10,11);2,7H,1,4H2,(H,5,6);1H4;1H2. The summed E-state index contributed by atoms with van der Waals surface area (Å²) in [6.45, 7) is 8.44. The van der Waals surface area contributed by atoms with Crippen LogP contribution in [-0.2, 0) is 85.5 Å². The highest BCUT2D eigenvalue weighted by Crippen LogP contribution is 2.18. The third-order valence-electron chi connectivity index (χ3n) is 8.97. The average Bonchev–Trinajstić information content (AvgIpc) is 3.49. The number of ether oxygens (including phenoxy) is 13. The highest BCUT2D eigenvalue weighted by atomic mass is 32.2. The number of nitrogens with one attached hydrogen (secondary N) is 1. The molecule has 2 aromatic carbocycles. The summed E-state index contributed by atoms with van der Waals surface area (Å²) in [6, 6.07) is 8.99. The number of carboxylic acid groups (broad SMARTS) is 3. The maximum atomic E-state index is 11.7. The number of non-ortho nitro benzene ring substituents is 1. The van der Waals surface area contributed by atoms with Gasteiger partial charge in [-0.25, -0.2) is 14.4 Å². The number of nitro benzene ring substituents is 1. The van der Waals surface area contributed by atoms with Gasteiger partial charge in [0, 0.05) is 71.5 Å². The van der Waals surface area contributed by atoms with Gasteiger partial charge in [-0.15, -0.1) is 0 Å². The van der Waals surface area contributed by atoms with E-state index in [1.807, 2.05) is 6.92 Å². The largest absolute Gasteiger partial charge is 0.513 e. The maximum absolute atomic E-state index is 11.7. The zero-order chi connectivity index (χ0) is 62.2. The Labute approximate surface area is 508 Å². The van der Waals surface area contributed by atoms with Gasteiger partial charge < -0.3 is 93.7 Å². The molecule has 2 rings (SSSR count). The fourth-order valence-electron chi connectivity index (χ4n) is 4.62. The van der Waals surface area contributed by atoms with Crippen LogP contribution in [0.1, 0.15) is 25.8 Å². The second-order valence-electron chi connectivity index (χ2n) is 15.5. The summed E-state index contributed by atoms with van der Waals surface area (Å²) < 4.78 is 92.4. The van der Waals surface area contributed by atoms with Crippen LogP contribution in [0.2, 0.25) is 0 Å². The third-order valence-corrected chi connectivity index (χ3v) is 11.7. The molecule has 2 aromatic rings. The Kier molecular flexibility index (Phi) is 64.3. The van der Waals surface area contributed by atoms with Gasteiger partial charge in [0.15, 0.2) is 0 Å². The molecule has 0 fully saturated rings. The van der Waals surface area contributed by atoms with E-state index in [9.17, 15) is 42.5 Å². The lowest BCUT2D eigenvalue weighted by atomic mass is 10.2. The second kappa shape index (κ2) is 61.4. The number of hydrogen-bond donors (Lipinski definition) is 7. The Bertz CT molecular complexity index is 2040. The van der Waals surface area contributed by atoms with Gasteiger partial charge in [0.1, 0.15) is 37.1 Å². The molecule has 3 unspecified atom stereocenters. The van der Waals surface area contributed by atoms with Crippen LogP contribution in [0.4, 0.5) is 15.3 Å². The third kappa shape index (κ3) is 56.4. The highest BCUT2D eigenvalue weighted by Gasteiger charge is 2.21. The fourth-order valence-corrected chi connectivity index (χ4v) is 6.53. The van der Waals surface area contributed by atoms with Crippen LogP contribution in [0.25, 0.3) is 0 Å². The lowest BCUT2D eigenvalue weighted by molar-refractivity contribution is -0.384. The van der Waals surface area contributed by atoms with Gasteiger partial charge in [0.2, 0.25) is 0 Å². The molecule has 0 aliphatic carbocycles. The van der Waals surface area contributed by atoms with Crippen molar-refractivity contribution < 1.29 is 118 Å². The van der Waals surface area contributed by atoms with Crippen molar-refractivity contribution in [1.29, 1.82) is 0 Å². The van der Waals surface area contributed by atoms with E-state index < -0.39 is 63.3 Å². The molecule has 0 bridgehead atoms. The van der Waals surface area contributed by atoms with E-state index >= 15 is 0 Å². The lowest BCUT2D eigenvalue weighted by Crippen LogP contribution is -2.43. The minimum Gasteiger partial charge on any atom is -0.480 e. The summed E-state index contributed by atoms with van der Waals surface area (Å²) in [5, 5.41) is 38.3. The summed E-state index contributed by atoms with van der Waals surface area (Å²) in [4.78, 5) is 64.0. The van der Waals surface area contributed by atoms with E-state index in [2.05, 4.69) is 17.9 Å². The number of carbonyl (C=O) groups is 5. The average molecular weight is 1290 g/mol. The quantitative estimate of drug-likeness (QED) is 0.00953. The lowest BCUT2D eigenvalue weighted by Gasteiger charge is -2.14. The van der Waals surface area contributed by atoms with Gasteiger partial charge in [-0.05, 0) is 44.0 Å². The number of methoxy groups -OCH3 is 5. The molecule has 3 atom stereocenters. The Hall–Kier alpha value is -4.73. The predicted octanol–water partition coefficient (Wildman–Crippen LogP) is 3.28. The summed E-state index contributed by atoms with van der Waals surface area (Å²) in [5.74, 6) is -1.88. The van der Waals surface area contributed by atoms with Crippen LogP contribution >= 0.6 is 37.9 Å². The number of nitrogens with two attached hydrogens (primary N) is 2. The Balaban J connectivity index is -0.000000320. The molecule has 490 valence electrons. The monoisotopic (exact) mass is 1290 g/mol. The van der Waals surface area contributed by atoms with Crippen molar-refractivity contribution >= 4 is 83.8 Å². The number of aliphatic carboxylic acids is 3. The molecule has 0 spiro atoms. The van der Waals surface area contributed by atoms with Crippen molar-refractivity contribution in [1.82, 2.24) is 5.32 Å². The van der Waals surface area contributed by atoms with Crippen molar-refractivity contribution in [3.8, 4) is 5.75 Å². The first kappa shape index (κ1) is 88.0. The summed E-state index contributed by atoms with van der Waals surface area (Å²) >= 11 is 5.02. The Morgan fingerprint density at radius 2 is 1.05 bits per heavy atom. The number of nitrogens with zero attached hydrogens (tertiary/aromatic N) is 1. The number of carboxylic acids is 3. The minimum atomic E-state index is -3.68. The molecule has 0 saturated heterocycles. The number of nitro groups is 1. The molecule has 0 saturated carbocycles. The number of hydrogen-bond acceptors (Lipinski definition) is 27. The van der Waals surface area contributed by atoms with Crippen molar-refractivity contribution in [2.75, 3.05) is 172 Å². The minimum absolute atomic E-state index is 0. The number of thiol groups is 1. The molecule has 0 aliphatic heterocycles. The summed E-state index contributed by atoms with van der Waals surface area (Å²) in [5.41, 5.74) is 11.1. The van der Waals surface area contributed by atoms with E-state index in [0.717, 1.165) is 5.56 Å². The van der Waals surface area contributed by atoms with E-state index in [1.54, 1.807) is 47.7 Å². The van der Waals surface area contributed by atoms with Gasteiger partial charge >= 0.3 is 30.2 Å². The summed E-state index contributed by atoms with van der Waals surface area (Å²) in [7, 11) is 4.20. The topological polar surface area (TPSA) is 417 Å². The van der Waals surface area contributed by atoms with Crippen LogP contribution in [0.15, 0.2) is 53.4 Å². The molecule has 84 heavy (non-hydrogen) atoms. The zero-order valence-corrected chi connectivity index (χ0v) is 51.2. The van der Waals surface area contributed by atoms with E-state index in [1.165, 1.54) is 48.2 Å². The van der Waals surface area contributed by atoms with Gasteiger partial charge in [0.05, 0.1) is 109 Å². The molecule has 0 aromatic heterocycles. The molecule has 0 heterocycles. The van der Waals surface area contributed by atoms with Gasteiger partial charge in [-0.3, -0.25) is 23.9 Å². The first-order valence-corrected chi connectivity index (χ1v) is 28.1. The molecule has 34 heteroatoms. The first-order chi connectivity index (χ1) is 39.2. The smallest absolute Gasteiger partial charge is 0.480 e. The molecule has 0 radical (unpaired) electrons. The van der Waals surface area contributed by atoms with E-state index in [0.29, 0.717) is 97.9 Å². The maximum Gasteiger partial charge on any atom is 0.513 e. The number of carbonyl (C=O) groups excluding carboxylic acids is 2. The highest BCUT2D eigenvalue weighted by molar-refractivity contribution is 7.99. The first-order valence-electron chi connectivity index (χ1n) is 24.9. The van der Waals surface area contributed by atoms with Gasteiger partial charge in [-0.1, -0.05) is 25.1 Å². The number of amides is 1. The Morgan fingerprint density at radius 3 is 1.46 bits per heavy atom. The van der Waals surface area contributed by atoms with Crippen molar-refractivity contribution in [2.45, 2.75) is 50.2 Å². The second-order valence-corrected chi connectivity index (χ2v) is 18.7. The van der Waals surface area contributed by atoms with Gasteiger partial charge in [0.25, 0.3) is 15.8 Å². The molecular formula is C50H90N4O26S4. The molecule has 8 N–H and O–H groups in total. The van der Waals surface area contributed by atoms with Gasteiger partial charge in [-0.2, -0.15) is 46.3 Å². The van der Waals surface area contributed by atoms with Crippen molar-refractivity contribution in [2.24, 2.45) is 11.5 Å². The number of alkyl carbamates (subject to hydrolysis) is 1. The van der Waals surface area contributed by atoms with Crippen LogP contribution in [0, 0.1) is 17.0 Å². The fraction of sp³-hybridized carbons (Fsp3) is 0.660. The van der Waals surface area contributed by atoms with Crippen molar-refractivity contribution in [3.05, 3.63) is 64.2 Å². The Morgan fingerprint density at radius 1 is 0.619 bits per heavy atom. The molecular weight excluding hydrogens is 1200 g/mol. The van der Waals surface area contributed by atoms with Crippen LogP contribution in [-0.4, -0.2) is 249 Å². The number of rotatable bonds is 42. The predicted molar refractivity (Wildman–Crippen MR) is 318 cm³/mol. The number of thioether (sulfide) groups is 1. The van der Waals surface area contributed by atoms with Crippen LogP contribution in [0.5, 0.6) is 5.75 Å². The van der Waals surface area contributed by atoms with Crippen LogP contribution < -0.4 is 21.5 Å². The number of aryl methyl sites for hydroxylation is 1. The summed E-state index contributed by atoms with van der Waals surface area (Å²) in [6.07, 6.45) is -0.566. The number of benzene rings is 2. The normalized spacial score (nSPS) is 11.4. The molecule has 30 nitrogen and oxygen atoms in total. The van der Waals surface area contributed by atoms with E-state index in [-0.39, 0.29) is 88.4 Å².